The molecule has 1 N–H and O–H groups in total. The third-order valence-electron chi connectivity index (χ3n) is 3.98. The highest BCUT2D eigenvalue weighted by molar-refractivity contribution is 7.98. The van der Waals surface area contributed by atoms with Gasteiger partial charge in [-0.25, -0.2) is 0 Å². The highest BCUT2D eigenvalue weighted by Crippen LogP contribution is 2.34. The van der Waals surface area contributed by atoms with Crippen LogP contribution in [0.2, 0.25) is 10.0 Å². The maximum Gasteiger partial charge on any atom is 0.416 e. The zero-order valence-corrected chi connectivity index (χ0v) is 17.1. The Morgan fingerprint density at radius 3 is 2.21 bits per heavy atom. The van der Waals surface area contributed by atoms with Crippen LogP contribution in [-0.4, -0.2) is 5.91 Å². The number of alkyl halides is 3. The number of nitrogens with one attached hydrogen (secondary N) is 1. The fourth-order valence-electron chi connectivity index (χ4n) is 2.44. The molecular weight excluding hydrogens is 442 g/mol. The number of anilines is 1. The van der Waals surface area contributed by atoms with Crippen LogP contribution in [0.15, 0.2) is 71.6 Å². The topological polar surface area (TPSA) is 29.1 Å². The van der Waals surface area contributed by atoms with Crippen molar-refractivity contribution in [2.75, 3.05) is 5.32 Å². The van der Waals surface area contributed by atoms with Crippen LogP contribution >= 0.6 is 35.0 Å². The van der Waals surface area contributed by atoms with Gasteiger partial charge in [0.15, 0.2) is 0 Å². The molecule has 3 aromatic rings. The van der Waals surface area contributed by atoms with Crippen LogP contribution < -0.4 is 5.32 Å². The maximum absolute atomic E-state index is 12.9. The van der Waals surface area contributed by atoms with E-state index < -0.39 is 17.6 Å². The van der Waals surface area contributed by atoms with E-state index in [9.17, 15) is 18.0 Å². The molecule has 0 saturated carbocycles. The number of thioether (sulfide) groups is 1. The van der Waals surface area contributed by atoms with Gasteiger partial charge in [-0.05, 0) is 60.2 Å². The molecule has 1 amide bonds. The van der Waals surface area contributed by atoms with E-state index in [0.717, 1.165) is 28.7 Å². The minimum atomic E-state index is -4.52. The van der Waals surface area contributed by atoms with Crippen LogP contribution in [0.3, 0.4) is 0 Å². The van der Waals surface area contributed by atoms with E-state index >= 15 is 0 Å². The van der Waals surface area contributed by atoms with Crippen LogP contribution in [0.25, 0.3) is 0 Å². The molecule has 0 unspecified atom stereocenters. The largest absolute Gasteiger partial charge is 0.416 e. The lowest BCUT2D eigenvalue weighted by atomic mass is 10.1. The molecule has 0 aliphatic rings. The monoisotopic (exact) mass is 455 g/mol. The van der Waals surface area contributed by atoms with Crippen molar-refractivity contribution in [2.45, 2.75) is 16.8 Å². The summed E-state index contributed by atoms with van der Waals surface area (Å²) < 4.78 is 38.6. The minimum absolute atomic E-state index is 0.0299. The summed E-state index contributed by atoms with van der Waals surface area (Å²) in [6.45, 7) is 0. The lowest BCUT2D eigenvalue weighted by Crippen LogP contribution is -2.13. The first-order valence-corrected chi connectivity index (χ1v) is 10.1. The van der Waals surface area contributed by atoms with E-state index in [1.807, 2.05) is 24.3 Å². The minimum Gasteiger partial charge on any atom is -0.321 e. The number of halogens is 5. The Kier molecular flexibility index (Phi) is 6.77. The van der Waals surface area contributed by atoms with Crippen molar-refractivity contribution in [2.24, 2.45) is 0 Å². The number of hydrogen-bond acceptors (Lipinski definition) is 2. The standard InChI is InChI=1S/C21H14Cl2F3NOS/c22-16-6-8-17(9-7-16)29-12-13-1-3-14(4-2-13)20(28)27-19-11-15(21(24,25)26)5-10-18(19)23/h1-11H,12H2,(H,27,28). The van der Waals surface area contributed by atoms with Crippen molar-refractivity contribution in [3.05, 3.63) is 93.5 Å². The molecule has 150 valence electrons. The molecule has 8 heteroatoms. The number of rotatable bonds is 5. The average molecular weight is 456 g/mol. The van der Waals surface area contributed by atoms with Gasteiger partial charge in [0.05, 0.1) is 16.3 Å². The zero-order valence-electron chi connectivity index (χ0n) is 14.8. The van der Waals surface area contributed by atoms with Gasteiger partial charge in [0.2, 0.25) is 0 Å². The van der Waals surface area contributed by atoms with E-state index in [1.54, 1.807) is 36.0 Å². The summed E-state index contributed by atoms with van der Waals surface area (Å²) in [6, 6.07) is 17.1. The quantitative estimate of drug-likeness (QED) is 0.402. The zero-order chi connectivity index (χ0) is 21.0. The molecule has 3 rings (SSSR count). The molecule has 0 aliphatic heterocycles. The fraction of sp³-hybridized carbons (Fsp3) is 0.0952. The van der Waals surface area contributed by atoms with Gasteiger partial charge in [0.1, 0.15) is 0 Å². The van der Waals surface area contributed by atoms with Crippen molar-refractivity contribution < 1.29 is 18.0 Å². The average Bonchev–Trinajstić information content (AvgIpc) is 2.68. The van der Waals surface area contributed by atoms with Crippen molar-refractivity contribution >= 4 is 46.6 Å². The Labute approximate surface area is 180 Å². The van der Waals surface area contributed by atoms with Gasteiger partial charge in [0, 0.05) is 21.2 Å². The van der Waals surface area contributed by atoms with E-state index in [4.69, 9.17) is 23.2 Å². The first-order valence-electron chi connectivity index (χ1n) is 8.38. The van der Waals surface area contributed by atoms with E-state index in [2.05, 4.69) is 5.32 Å². The van der Waals surface area contributed by atoms with Gasteiger partial charge in [-0.15, -0.1) is 11.8 Å². The molecule has 0 heterocycles. The van der Waals surface area contributed by atoms with Crippen molar-refractivity contribution in [1.82, 2.24) is 0 Å². The second kappa shape index (κ2) is 9.11. The molecular formula is C21H14Cl2F3NOS. The molecule has 0 aromatic heterocycles. The predicted octanol–water partition coefficient (Wildman–Crippen LogP) is 7.56. The van der Waals surface area contributed by atoms with Gasteiger partial charge in [0.25, 0.3) is 5.91 Å². The smallest absolute Gasteiger partial charge is 0.321 e. The third-order valence-corrected chi connectivity index (χ3v) is 5.64. The summed E-state index contributed by atoms with van der Waals surface area (Å²) in [5.74, 6) is 0.159. The Hall–Kier alpha value is -2.15. The van der Waals surface area contributed by atoms with E-state index in [0.29, 0.717) is 16.3 Å². The Balaban J connectivity index is 1.65. The molecule has 0 aliphatic carbocycles. The number of carbonyl (C=O) groups is 1. The second-order valence-corrected chi connectivity index (χ2v) is 7.98. The van der Waals surface area contributed by atoms with Crippen molar-refractivity contribution in [3.8, 4) is 0 Å². The highest BCUT2D eigenvalue weighted by atomic mass is 35.5. The molecule has 3 aromatic carbocycles. The van der Waals surface area contributed by atoms with E-state index in [-0.39, 0.29) is 10.7 Å². The van der Waals surface area contributed by atoms with Gasteiger partial charge in [-0.3, -0.25) is 4.79 Å². The normalized spacial score (nSPS) is 11.3. The number of benzene rings is 3. The maximum atomic E-state index is 12.9. The second-order valence-electron chi connectivity index (χ2n) is 6.09. The first kappa shape index (κ1) is 21.6. The lowest BCUT2D eigenvalue weighted by molar-refractivity contribution is -0.137. The molecule has 0 saturated heterocycles. The van der Waals surface area contributed by atoms with Crippen LogP contribution in [0.4, 0.5) is 18.9 Å². The highest BCUT2D eigenvalue weighted by Gasteiger charge is 2.31. The summed E-state index contributed by atoms with van der Waals surface area (Å²) in [4.78, 5) is 13.4. The molecule has 0 spiro atoms. The fourth-order valence-corrected chi connectivity index (χ4v) is 3.59. The van der Waals surface area contributed by atoms with Crippen molar-refractivity contribution in [1.29, 1.82) is 0 Å². The number of hydrogen-bond donors (Lipinski definition) is 1. The molecule has 2 nitrogen and oxygen atoms in total. The van der Waals surface area contributed by atoms with Gasteiger partial charge >= 0.3 is 6.18 Å². The summed E-state index contributed by atoms with van der Waals surface area (Å²) in [7, 11) is 0. The predicted molar refractivity (Wildman–Crippen MR) is 112 cm³/mol. The Morgan fingerprint density at radius 1 is 0.931 bits per heavy atom. The van der Waals surface area contributed by atoms with Gasteiger partial charge in [-0.2, -0.15) is 13.2 Å². The van der Waals surface area contributed by atoms with Crippen molar-refractivity contribution in [3.63, 3.8) is 0 Å². The summed E-state index contributed by atoms with van der Waals surface area (Å²) in [5.41, 5.74) is 0.345. The van der Waals surface area contributed by atoms with Crippen LogP contribution in [-0.2, 0) is 11.9 Å². The molecule has 0 radical (unpaired) electrons. The summed E-state index contributed by atoms with van der Waals surface area (Å²) in [5, 5.41) is 3.13. The summed E-state index contributed by atoms with van der Waals surface area (Å²) >= 11 is 13.4. The number of carbonyl (C=O) groups excluding carboxylic acids is 1. The first-order chi connectivity index (χ1) is 13.7. The van der Waals surface area contributed by atoms with Crippen LogP contribution in [0, 0.1) is 0 Å². The van der Waals surface area contributed by atoms with Gasteiger partial charge < -0.3 is 5.32 Å². The van der Waals surface area contributed by atoms with Crippen LogP contribution in [0.1, 0.15) is 21.5 Å². The molecule has 0 bridgehead atoms. The SMILES string of the molecule is O=C(Nc1cc(C(F)(F)F)ccc1Cl)c1ccc(CSc2ccc(Cl)cc2)cc1. The molecule has 29 heavy (non-hydrogen) atoms. The molecule has 0 fully saturated rings. The Morgan fingerprint density at radius 2 is 1.59 bits per heavy atom. The van der Waals surface area contributed by atoms with E-state index in [1.165, 1.54) is 0 Å². The molecule has 0 atom stereocenters. The number of amides is 1. The van der Waals surface area contributed by atoms with Crippen LogP contribution in [0.5, 0.6) is 0 Å². The Bertz CT molecular complexity index is 1010. The summed E-state index contributed by atoms with van der Waals surface area (Å²) in [6.07, 6.45) is -4.52. The lowest BCUT2D eigenvalue weighted by Gasteiger charge is -2.12. The third kappa shape index (κ3) is 5.92. The van der Waals surface area contributed by atoms with Gasteiger partial charge in [-0.1, -0.05) is 35.3 Å².